The molecule has 0 bridgehead atoms. The van der Waals surface area contributed by atoms with Gasteiger partial charge in [0.15, 0.2) is 0 Å². The van der Waals surface area contributed by atoms with Gasteiger partial charge in [0.25, 0.3) is 0 Å². The van der Waals surface area contributed by atoms with Crippen LogP contribution in [0.15, 0.2) is 0 Å². The van der Waals surface area contributed by atoms with Crippen molar-refractivity contribution in [2.24, 2.45) is 0 Å². The van der Waals surface area contributed by atoms with Crippen LogP contribution in [0.1, 0.15) is 34.6 Å². The Morgan fingerprint density at radius 3 is 1.76 bits per heavy atom. The molecule has 17 heavy (non-hydrogen) atoms. The molecule has 0 aromatic heterocycles. The molecule has 0 rings (SSSR count). The van der Waals surface area contributed by atoms with Crippen molar-refractivity contribution in [3.8, 4) is 0 Å². The standard InChI is InChI=1S/C10H22NO5P/c1-9(2,3)16-8(12)11-10(4,5)17(13,14-6)15-7/h1-7H3,(H,11,12). The highest BCUT2D eigenvalue weighted by Gasteiger charge is 2.44. The van der Waals surface area contributed by atoms with E-state index in [1.807, 2.05) is 0 Å². The first-order valence-corrected chi connectivity index (χ1v) is 6.74. The molecule has 0 fully saturated rings. The van der Waals surface area contributed by atoms with E-state index in [4.69, 9.17) is 13.8 Å². The Morgan fingerprint density at radius 2 is 1.47 bits per heavy atom. The van der Waals surface area contributed by atoms with E-state index in [-0.39, 0.29) is 0 Å². The maximum absolute atomic E-state index is 12.2. The molecule has 0 aromatic carbocycles. The third-order valence-corrected chi connectivity index (χ3v) is 4.41. The third kappa shape index (κ3) is 4.66. The summed E-state index contributed by atoms with van der Waals surface area (Å²) < 4.78 is 26.9. The van der Waals surface area contributed by atoms with Crippen LogP contribution < -0.4 is 5.32 Å². The molecule has 1 amide bonds. The molecule has 7 heteroatoms. The lowest BCUT2D eigenvalue weighted by atomic mass is 10.2. The van der Waals surface area contributed by atoms with Crippen molar-refractivity contribution >= 4 is 13.7 Å². The Kier molecular flexibility index (Phi) is 5.19. The van der Waals surface area contributed by atoms with Crippen molar-refractivity contribution < 1.29 is 23.1 Å². The van der Waals surface area contributed by atoms with Gasteiger partial charge >= 0.3 is 13.7 Å². The van der Waals surface area contributed by atoms with E-state index in [0.717, 1.165) is 0 Å². The first-order valence-electron chi connectivity index (χ1n) is 5.20. The topological polar surface area (TPSA) is 73.9 Å². The zero-order valence-corrected chi connectivity index (χ0v) is 12.4. The van der Waals surface area contributed by atoms with Gasteiger partial charge in [0, 0.05) is 14.2 Å². The van der Waals surface area contributed by atoms with Crippen LogP contribution in [0.3, 0.4) is 0 Å². The summed E-state index contributed by atoms with van der Waals surface area (Å²) in [5.41, 5.74) is -0.621. The van der Waals surface area contributed by atoms with Crippen molar-refractivity contribution in [1.82, 2.24) is 5.32 Å². The summed E-state index contributed by atoms with van der Waals surface area (Å²) in [4.78, 5) is 11.6. The van der Waals surface area contributed by atoms with E-state index < -0.39 is 24.6 Å². The number of alkyl carbamates (subject to hydrolysis) is 1. The zero-order chi connectivity index (χ0) is 13.9. The molecule has 0 aliphatic heterocycles. The van der Waals surface area contributed by atoms with Crippen LogP contribution in [0.4, 0.5) is 4.79 Å². The molecule has 0 aliphatic rings. The number of rotatable bonds is 4. The molecule has 0 heterocycles. The van der Waals surface area contributed by atoms with E-state index >= 15 is 0 Å². The highest BCUT2D eigenvalue weighted by atomic mass is 31.2. The van der Waals surface area contributed by atoms with E-state index in [1.54, 1.807) is 34.6 Å². The molecule has 0 radical (unpaired) electrons. The van der Waals surface area contributed by atoms with Gasteiger partial charge in [-0.3, -0.25) is 4.57 Å². The van der Waals surface area contributed by atoms with Crippen molar-refractivity contribution in [2.75, 3.05) is 14.2 Å². The number of ether oxygens (including phenoxy) is 1. The molecule has 0 atom stereocenters. The molecule has 0 saturated heterocycles. The second-order valence-electron chi connectivity index (χ2n) is 5.05. The normalized spacial score (nSPS) is 13.4. The molecule has 0 unspecified atom stereocenters. The van der Waals surface area contributed by atoms with Gasteiger partial charge in [-0.15, -0.1) is 0 Å². The highest BCUT2D eigenvalue weighted by Crippen LogP contribution is 2.57. The van der Waals surface area contributed by atoms with Crippen molar-refractivity contribution in [2.45, 2.75) is 45.5 Å². The first-order chi connectivity index (χ1) is 7.47. The van der Waals surface area contributed by atoms with Crippen LogP contribution in [-0.4, -0.2) is 31.2 Å². The zero-order valence-electron chi connectivity index (χ0n) is 11.5. The molecule has 0 aromatic rings. The van der Waals surface area contributed by atoms with Crippen LogP contribution in [0.25, 0.3) is 0 Å². The van der Waals surface area contributed by atoms with Gasteiger partial charge in [-0.1, -0.05) is 0 Å². The molecule has 0 spiro atoms. The smallest absolute Gasteiger partial charge is 0.408 e. The number of amides is 1. The second kappa shape index (κ2) is 5.38. The van der Waals surface area contributed by atoms with Gasteiger partial charge in [0.1, 0.15) is 10.9 Å². The largest absolute Gasteiger partial charge is 0.444 e. The molecule has 1 N–H and O–H groups in total. The molecule has 6 nitrogen and oxygen atoms in total. The van der Waals surface area contributed by atoms with E-state index in [9.17, 15) is 9.36 Å². The van der Waals surface area contributed by atoms with Gasteiger partial charge < -0.3 is 19.1 Å². The minimum Gasteiger partial charge on any atom is -0.444 e. The summed E-state index contributed by atoms with van der Waals surface area (Å²) >= 11 is 0. The predicted octanol–water partition coefficient (Wildman–Crippen LogP) is 2.73. The van der Waals surface area contributed by atoms with Gasteiger partial charge in [-0.25, -0.2) is 4.79 Å². The van der Waals surface area contributed by atoms with Gasteiger partial charge in [0.2, 0.25) is 0 Å². The highest BCUT2D eigenvalue weighted by molar-refractivity contribution is 7.55. The molecule has 102 valence electrons. The summed E-state index contributed by atoms with van der Waals surface area (Å²) in [7, 11) is -0.882. The van der Waals surface area contributed by atoms with Gasteiger partial charge in [-0.05, 0) is 34.6 Å². The van der Waals surface area contributed by atoms with Crippen LogP contribution in [-0.2, 0) is 18.3 Å². The first kappa shape index (κ1) is 16.4. The Bertz CT molecular complexity index is 313. The average molecular weight is 267 g/mol. The van der Waals surface area contributed by atoms with Crippen LogP contribution in [0.5, 0.6) is 0 Å². The minimum absolute atomic E-state index is 0.621. The van der Waals surface area contributed by atoms with Crippen molar-refractivity contribution in [3.63, 3.8) is 0 Å². The van der Waals surface area contributed by atoms with E-state index in [2.05, 4.69) is 5.32 Å². The molecular formula is C10H22NO5P. The lowest BCUT2D eigenvalue weighted by molar-refractivity contribution is 0.0487. The Hall–Kier alpha value is -0.580. The summed E-state index contributed by atoms with van der Waals surface area (Å²) in [5.74, 6) is 0. The van der Waals surface area contributed by atoms with E-state index in [0.29, 0.717) is 0 Å². The fourth-order valence-corrected chi connectivity index (χ4v) is 2.44. The second-order valence-corrected chi connectivity index (χ2v) is 7.89. The van der Waals surface area contributed by atoms with Crippen molar-refractivity contribution in [3.05, 3.63) is 0 Å². The number of carbonyl (C=O) groups is 1. The maximum Gasteiger partial charge on any atom is 0.408 e. The predicted molar refractivity (Wildman–Crippen MR) is 65.1 cm³/mol. The summed E-state index contributed by atoms with van der Waals surface area (Å²) in [5, 5.41) is 1.31. The van der Waals surface area contributed by atoms with E-state index in [1.165, 1.54) is 14.2 Å². The van der Waals surface area contributed by atoms with Crippen molar-refractivity contribution in [1.29, 1.82) is 0 Å². The van der Waals surface area contributed by atoms with Crippen LogP contribution in [0.2, 0.25) is 0 Å². The SMILES string of the molecule is COP(=O)(OC)C(C)(C)NC(=O)OC(C)(C)C. The monoisotopic (exact) mass is 267 g/mol. The Balaban J connectivity index is 4.77. The number of carbonyl (C=O) groups excluding carboxylic acids is 1. The van der Waals surface area contributed by atoms with Gasteiger partial charge in [0.05, 0.1) is 0 Å². The minimum atomic E-state index is -3.42. The lowest BCUT2D eigenvalue weighted by Gasteiger charge is -2.32. The van der Waals surface area contributed by atoms with Crippen LogP contribution >= 0.6 is 7.60 Å². The number of hydrogen-bond donors (Lipinski definition) is 1. The quantitative estimate of drug-likeness (QED) is 0.793. The molecule has 0 aliphatic carbocycles. The summed E-state index contributed by atoms with van der Waals surface area (Å²) in [6.07, 6.45) is -0.670. The maximum atomic E-state index is 12.2. The summed E-state index contributed by atoms with van der Waals surface area (Å²) in [6, 6.07) is 0. The molecule has 0 saturated carbocycles. The Labute approximate surface area is 103 Å². The fraction of sp³-hybridized carbons (Fsp3) is 0.900. The van der Waals surface area contributed by atoms with Crippen LogP contribution in [0, 0.1) is 0 Å². The summed E-state index contributed by atoms with van der Waals surface area (Å²) in [6.45, 7) is 8.32. The lowest BCUT2D eigenvalue weighted by Crippen LogP contribution is -2.46. The Morgan fingerprint density at radius 1 is 1.06 bits per heavy atom. The van der Waals surface area contributed by atoms with Gasteiger partial charge in [-0.2, -0.15) is 0 Å². The third-order valence-electron chi connectivity index (χ3n) is 1.97. The average Bonchev–Trinajstić information content (AvgIpc) is 2.12. The fourth-order valence-electron chi connectivity index (χ4n) is 1.15. The number of hydrogen-bond acceptors (Lipinski definition) is 5. The molecular weight excluding hydrogens is 245 g/mol. The number of nitrogens with one attached hydrogen (secondary N) is 1.